The van der Waals surface area contributed by atoms with Crippen molar-refractivity contribution in [3.63, 3.8) is 0 Å². The second kappa shape index (κ2) is 10.6. The van der Waals surface area contributed by atoms with E-state index in [2.05, 4.69) is 27.8 Å². The average Bonchev–Trinajstić information content (AvgIpc) is 2.62. The first-order valence-corrected chi connectivity index (χ1v) is 7.73. The van der Waals surface area contributed by atoms with Crippen LogP contribution in [0.15, 0.2) is 47.5 Å². The maximum atomic E-state index is 8.95. The third-order valence-corrected chi connectivity index (χ3v) is 3.63. The Hall–Kier alpha value is -2.27. The fraction of sp³-hybridized carbons (Fsp3) is 0.263. The summed E-state index contributed by atoms with van der Waals surface area (Å²) in [4.78, 5) is 4.22. The lowest BCUT2D eigenvalue weighted by Gasteiger charge is -2.14. The van der Waals surface area contributed by atoms with Crippen molar-refractivity contribution < 1.29 is 4.74 Å². The molecule has 0 fully saturated rings. The van der Waals surface area contributed by atoms with E-state index in [1.165, 1.54) is 0 Å². The summed E-state index contributed by atoms with van der Waals surface area (Å²) in [7, 11) is 3.40. The molecule has 0 saturated carbocycles. The number of hydrogen-bond acceptors (Lipinski definition) is 3. The molecule has 2 N–H and O–H groups in total. The lowest BCUT2D eigenvalue weighted by atomic mass is 10.1. The van der Waals surface area contributed by atoms with Crippen molar-refractivity contribution >= 4 is 29.9 Å². The molecular formula is C19H23IN4O. The summed E-state index contributed by atoms with van der Waals surface area (Å²) in [5.74, 6) is 1.56. The predicted molar refractivity (Wildman–Crippen MR) is 111 cm³/mol. The van der Waals surface area contributed by atoms with Crippen molar-refractivity contribution in [2.45, 2.75) is 20.0 Å². The average molecular weight is 450 g/mol. The van der Waals surface area contributed by atoms with E-state index in [-0.39, 0.29) is 24.0 Å². The van der Waals surface area contributed by atoms with E-state index in [1.54, 1.807) is 20.2 Å². The Morgan fingerprint density at radius 3 is 2.60 bits per heavy atom. The number of guanidine groups is 1. The van der Waals surface area contributed by atoms with Crippen LogP contribution in [0.25, 0.3) is 0 Å². The molecule has 0 aliphatic carbocycles. The summed E-state index contributed by atoms with van der Waals surface area (Å²) in [6.45, 7) is 3.25. The topological polar surface area (TPSA) is 69.4 Å². The molecule has 0 atom stereocenters. The van der Waals surface area contributed by atoms with Crippen LogP contribution >= 0.6 is 24.0 Å². The van der Waals surface area contributed by atoms with Crippen molar-refractivity contribution in [1.82, 2.24) is 10.6 Å². The highest BCUT2D eigenvalue weighted by Gasteiger charge is 2.05. The number of nitrogens with zero attached hydrogens (tertiary/aromatic N) is 2. The number of rotatable bonds is 5. The Balaban J connectivity index is 0.00000312. The molecule has 0 aliphatic rings. The maximum Gasteiger partial charge on any atom is 0.191 e. The molecule has 0 radical (unpaired) electrons. The molecule has 2 aromatic rings. The zero-order valence-electron chi connectivity index (χ0n) is 14.7. The van der Waals surface area contributed by atoms with Crippen LogP contribution in [0.1, 0.15) is 22.3 Å². The van der Waals surface area contributed by atoms with Gasteiger partial charge in [0.15, 0.2) is 5.96 Å². The van der Waals surface area contributed by atoms with E-state index in [1.807, 2.05) is 37.3 Å². The number of aryl methyl sites for hydroxylation is 1. The number of halogens is 1. The standard InChI is InChI=1S/C19H22N4O.HI/c1-14-7-8-17(18(9-14)24-3)13-23-19(21-2)22-12-16-6-4-5-15(10-16)11-20;/h4-10H,12-13H2,1-3H3,(H2,21,22,23);1H. The fourth-order valence-electron chi connectivity index (χ4n) is 2.33. The van der Waals surface area contributed by atoms with E-state index in [0.717, 1.165) is 22.4 Å². The van der Waals surface area contributed by atoms with E-state index in [0.29, 0.717) is 24.6 Å². The van der Waals surface area contributed by atoms with Crippen molar-refractivity contribution in [1.29, 1.82) is 5.26 Å². The zero-order valence-corrected chi connectivity index (χ0v) is 17.0. The van der Waals surface area contributed by atoms with Gasteiger partial charge >= 0.3 is 0 Å². The summed E-state index contributed by atoms with van der Waals surface area (Å²) in [5.41, 5.74) is 3.92. The van der Waals surface area contributed by atoms with E-state index in [9.17, 15) is 0 Å². The van der Waals surface area contributed by atoms with Gasteiger partial charge in [-0.2, -0.15) is 5.26 Å². The Morgan fingerprint density at radius 2 is 1.92 bits per heavy atom. The highest BCUT2D eigenvalue weighted by Crippen LogP contribution is 2.19. The Kier molecular flexibility index (Phi) is 8.78. The lowest BCUT2D eigenvalue weighted by Crippen LogP contribution is -2.36. The van der Waals surface area contributed by atoms with Crippen molar-refractivity contribution in [3.05, 3.63) is 64.7 Å². The first-order valence-electron chi connectivity index (χ1n) is 7.73. The molecule has 0 amide bonds. The second-order valence-electron chi connectivity index (χ2n) is 5.41. The minimum atomic E-state index is 0. The van der Waals surface area contributed by atoms with Gasteiger partial charge in [0.1, 0.15) is 5.75 Å². The van der Waals surface area contributed by atoms with Crippen molar-refractivity contribution in [2.75, 3.05) is 14.2 Å². The molecule has 0 aromatic heterocycles. The minimum Gasteiger partial charge on any atom is -0.496 e. The van der Waals surface area contributed by atoms with Gasteiger partial charge < -0.3 is 15.4 Å². The van der Waals surface area contributed by atoms with E-state index < -0.39 is 0 Å². The highest BCUT2D eigenvalue weighted by molar-refractivity contribution is 14.0. The van der Waals surface area contributed by atoms with Gasteiger partial charge in [0, 0.05) is 25.7 Å². The molecule has 0 spiro atoms. The van der Waals surface area contributed by atoms with Gasteiger partial charge in [-0.1, -0.05) is 24.3 Å². The Bertz CT molecular complexity index is 768. The highest BCUT2D eigenvalue weighted by atomic mass is 127. The lowest BCUT2D eigenvalue weighted by molar-refractivity contribution is 0.408. The molecule has 0 unspecified atom stereocenters. The van der Waals surface area contributed by atoms with Crippen LogP contribution in [0.3, 0.4) is 0 Å². The Labute approximate surface area is 166 Å². The molecule has 0 heterocycles. The third-order valence-electron chi connectivity index (χ3n) is 3.63. The van der Waals surface area contributed by atoms with E-state index >= 15 is 0 Å². The Morgan fingerprint density at radius 1 is 1.16 bits per heavy atom. The van der Waals surface area contributed by atoms with Crippen LogP contribution in [0.4, 0.5) is 0 Å². The van der Waals surface area contributed by atoms with Gasteiger partial charge in [-0.05, 0) is 36.2 Å². The summed E-state index contributed by atoms with van der Waals surface area (Å²) in [5, 5.41) is 15.5. The number of ether oxygens (including phenoxy) is 1. The van der Waals surface area contributed by atoms with Crippen LogP contribution < -0.4 is 15.4 Å². The molecule has 0 aliphatic heterocycles. The monoisotopic (exact) mass is 450 g/mol. The quantitative estimate of drug-likeness (QED) is 0.417. The van der Waals surface area contributed by atoms with Crippen molar-refractivity contribution in [3.8, 4) is 11.8 Å². The van der Waals surface area contributed by atoms with Crippen LogP contribution in [-0.4, -0.2) is 20.1 Å². The summed E-state index contributed by atoms with van der Waals surface area (Å²) in [6.07, 6.45) is 0. The fourth-order valence-corrected chi connectivity index (χ4v) is 2.33. The largest absolute Gasteiger partial charge is 0.496 e. The van der Waals surface area contributed by atoms with Crippen LogP contribution in [0, 0.1) is 18.3 Å². The molecule has 2 rings (SSSR count). The second-order valence-corrected chi connectivity index (χ2v) is 5.41. The molecule has 2 aromatic carbocycles. The SMILES string of the molecule is CN=C(NCc1cccc(C#N)c1)NCc1ccc(C)cc1OC.I. The smallest absolute Gasteiger partial charge is 0.191 e. The van der Waals surface area contributed by atoms with Gasteiger partial charge in [0.05, 0.1) is 18.7 Å². The molecule has 25 heavy (non-hydrogen) atoms. The first-order chi connectivity index (χ1) is 11.7. The number of methoxy groups -OCH3 is 1. The summed E-state index contributed by atoms with van der Waals surface area (Å²) in [6, 6.07) is 15.8. The van der Waals surface area contributed by atoms with Gasteiger partial charge in [0.25, 0.3) is 0 Å². The molecule has 0 saturated heterocycles. The summed E-state index contributed by atoms with van der Waals surface area (Å²) >= 11 is 0. The first kappa shape index (κ1) is 20.8. The predicted octanol–water partition coefficient (Wildman–Crippen LogP) is 3.36. The van der Waals surface area contributed by atoms with E-state index in [4.69, 9.17) is 10.00 Å². The van der Waals surface area contributed by atoms with Gasteiger partial charge in [-0.15, -0.1) is 24.0 Å². The number of hydrogen-bond donors (Lipinski definition) is 2. The van der Waals surface area contributed by atoms with Gasteiger partial charge in [0.2, 0.25) is 0 Å². The normalized spacial score (nSPS) is 10.4. The maximum absolute atomic E-state index is 8.95. The van der Waals surface area contributed by atoms with Crippen LogP contribution in [0.5, 0.6) is 5.75 Å². The zero-order chi connectivity index (χ0) is 17.4. The van der Waals surface area contributed by atoms with Crippen LogP contribution in [0.2, 0.25) is 0 Å². The van der Waals surface area contributed by atoms with Gasteiger partial charge in [-0.3, -0.25) is 4.99 Å². The van der Waals surface area contributed by atoms with Crippen molar-refractivity contribution in [2.24, 2.45) is 4.99 Å². The number of aliphatic imine (C=N–C) groups is 1. The number of nitriles is 1. The summed E-state index contributed by atoms with van der Waals surface area (Å²) < 4.78 is 5.42. The molecule has 6 heteroatoms. The molecule has 5 nitrogen and oxygen atoms in total. The third kappa shape index (κ3) is 6.27. The van der Waals surface area contributed by atoms with Gasteiger partial charge in [-0.25, -0.2) is 0 Å². The molecule has 0 bridgehead atoms. The number of benzene rings is 2. The molecular weight excluding hydrogens is 427 g/mol. The molecule has 132 valence electrons. The minimum absolute atomic E-state index is 0. The van der Waals surface area contributed by atoms with Crippen LogP contribution in [-0.2, 0) is 13.1 Å². The number of nitrogens with one attached hydrogen (secondary N) is 2.